The van der Waals surface area contributed by atoms with Crippen LogP contribution in [0.5, 0.6) is 5.75 Å². The van der Waals surface area contributed by atoms with Gasteiger partial charge in [-0.1, -0.05) is 48.5 Å². The molecule has 6 nitrogen and oxygen atoms in total. The summed E-state index contributed by atoms with van der Waals surface area (Å²) in [5.41, 5.74) is 0.239. The number of esters is 2. The van der Waals surface area contributed by atoms with Crippen molar-refractivity contribution in [2.75, 3.05) is 20.8 Å². The van der Waals surface area contributed by atoms with Crippen molar-refractivity contribution in [2.24, 2.45) is 11.8 Å². The summed E-state index contributed by atoms with van der Waals surface area (Å²) >= 11 is 0. The van der Waals surface area contributed by atoms with E-state index in [1.165, 1.54) is 14.2 Å². The molecule has 2 aliphatic rings. The van der Waals surface area contributed by atoms with E-state index in [9.17, 15) is 9.59 Å². The molecule has 0 aliphatic carbocycles. The lowest BCUT2D eigenvalue weighted by Gasteiger charge is -2.33. The Morgan fingerprint density at radius 2 is 1.74 bits per heavy atom. The highest BCUT2D eigenvalue weighted by Crippen LogP contribution is 2.52. The predicted octanol–water partition coefficient (Wildman–Crippen LogP) is 2.20. The smallest absolute Gasteiger partial charge is 0.331 e. The fourth-order valence-electron chi connectivity index (χ4n) is 4.42. The average Bonchev–Trinajstić information content (AvgIpc) is 3.10. The quantitative estimate of drug-likeness (QED) is 0.839. The maximum Gasteiger partial charge on any atom is 0.331 e. The van der Waals surface area contributed by atoms with Gasteiger partial charge in [-0.3, -0.25) is 10.1 Å². The van der Waals surface area contributed by atoms with Crippen LogP contribution in [0.25, 0.3) is 0 Å². The van der Waals surface area contributed by atoms with Gasteiger partial charge >= 0.3 is 11.9 Å². The van der Waals surface area contributed by atoms with Gasteiger partial charge in [-0.2, -0.15) is 0 Å². The highest BCUT2D eigenvalue weighted by atomic mass is 16.5. The van der Waals surface area contributed by atoms with Crippen LogP contribution in [0, 0.1) is 11.8 Å². The van der Waals surface area contributed by atoms with Crippen LogP contribution in [0.2, 0.25) is 0 Å². The van der Waals surface area contributed by atoms with E-state index in [1.807, 2.05) is 54.6 Å². The maximum atomic E-state index is 13.1. The van der Waals surface area contributed by atoms with E-state index in [2.05, 4.69) is 5.32 Å². The number of fused-ring (bicyclic) bond motifs is 3. The first-order chi connectivity index (χ1) is 13.1. The van der Waals surface area contributed by atoms with Crippen LogP contribution >= 0.6 is 0 Å². The predicted molar refractivity (Wildman–Crippen MR) is 96.9 cm³/mol. The molecule has 2 aromatic carbocycles. The monoisotopic (exact) mass is 367 g/mol. The first kappa shape index (κ1) is 17.5. The third-order valence-electron chi connectivity index (χ3n) is 5.58. The number of carbonyl (C=O) groups excluding carboxylic acids is 2. The molecule has 0 radical (unpaired) electrons. The minimum atomic E-state index is -1.35. The topological polar surface area (TPSA) is 73.9 Å². The van der Waals surface area contributed by atoms with Gasteiger partial charge in [-0.25, -0.2) is 4.79 Å². The van der Waals surface area contributed by atoms with Gasteiger partial charge in [0.1, 0.15) is 5.75 Å². The second-order valence-electron chi connectivity index (χ2n) is 6.80. The van der Waals surface area contributed by atoms with Crippen molar-refractivity contribution < 1.29 is 23.8 Å². The number of benzene rings is 2. The Balaban J connectivity index is 1.92. The summed E-state index contributed by atoms with van der Waals surface area (Å²) in [6.45, 7) is 0.306. The molecule has 0 unspecified atom stereocenters. The van der Waals surface area contributed by atoms with E-state index in [-0.39, 0.29) is 12.0 Å². The van der Waals surface area contributed by atoms with Crippen molar-refractivity contribution >= 4 is 11.9 Å². The number of ether oxygens (including phenoxy) is 3. The molecule has 1 N–H and O–H groups in total. The highest BCUT2D eigenvalue weighted by molar-refractivity contribution is 5.91. The van der Waals surface area contributed by atoms with E-state index in [0.717, 1.165) is 11.3 Å². The first-order valence-corrected chi connectivity index (χ1v) is 8.84. The molecule has 140 valence electrons. The number of hydrogen-bond donors (Lipinski definition) is 1. The van der Waals surface area contributed by atoms with E-state index < -0.39 is 23.4 Å². The number of rotatable bonds is 3. The molecule has 0 spiro atoms. The molecule has 27 heavy (non-hydrogen) atoms. The lowest BCUT2D eigenvalue weighted by molar-refractivity contribution is -0.161. The van der Waals surface area contributed by atoms with Crippen LogP contribution in [0.1, 0.15) is 17.2 Å². The maximum absolute atomic E-state index is 13.1. The SMILES string of the molecule is COC(=O)[C@H]1[C@@H]2COc3ccccc3[C@H]2N[C@]1(C(=O)OC)c1ccccc1. The van der Waals surface area contributed by atoms with E-state index in [0.29, 0.717) is 12.2 Å². The molecule has 2 aliphatic heterocycles. The van der Waals surface area contributed by atoms with E-state index in [1.54, 1.807) is 0 Å². The Hall–Kier alpha value is -2.86. The number of hydrogen-bond acceptors (Lipinski definition) is 6. The van der Waals surface area contributed by atoms with Gasteiger partial charge in [0.2, 0.25) is 0 Å². The Kier molecular flexibility index (Phi) is 4.36. The number of carbonyl (C=O) groups is 2. The second kappa shape index (κ2) is 6.70. The zero-order chi connectivity index (χ0) is 19.0. The molecule has 0 bridgehead atoms. The minimum Gasteiger partial charge on any atom is -0.493 e. The lowest BCUT2D eigenvalue weighted by atomic mass is 9.74. The normalized spacial score (nSPS) is 28.4. The molecule has 1 fully saturated rings. The van der Waals surface area contributed by atoms with Crippen molar-refractivity contribution in [1.29, 1.82) is 0 Å². The first-order valence-electron chi connectivity index (χ1n) is 8.84. The van der Waals surface area contributed by atoms with Crippen molar-refractivity contribution in [2.45, 2.75) is 11.6 Å². The summed E-state index contributed by atoms with van der Waals surface area (Å²) in [5.74, 6) is -1.28. The molecular weight excluding hydrogens is 346 g/mol. The molecule has 2 heterocycles. The Morgan fingerprint density at radius 1 is 1.04 bits per heavy atom. The standard InChI is InChI=1S/C21H21NO5/c1-25-19(23)17-15-12-27-16-11-7-6-10-14(16)18(15)22-21(17,20(24)26-2)13-8-4-3-5-9-13/h3-11,15,17-18,22H,12H2,1-2H3/t15-,17+,18+,21+/m0/s1. The number of nitrogens with one attached hydrogen (secondary N) is 1. The summed E-state index contributed by atoms with van der Waals surface area (Å²) < 4.78 is 16.2. The summed E-state index contributed by atoms with van der Waals surface area (Å²) in [6.07, 6.45) is 0. The molecule has 0 aromatic heterocycles. The third kappa shape index (κ3) is 2.51. The molecule has 1 saturated heterocycles. The summed E-state index contributed by atoms with van der Waals surface area (Å²) in [5, 5.41) is 3.44. The molecule has 4 atom stereocenters. The third-order valence-corrected chi connectivity index (χ3v) is 5.58. The Morgan fingerprint density at radius 3 is 2.44 bits per heavy atom. The van der Waals surface area contributed by atoms with Gasteiger partial charge in [-0.05, 0) is 11.6 Å². The van der Waals surface area contributed by atoms with Crippen LogP contribution in [-0.4, -0.2) is 32.8 Å². The number of methoxy groups -OCH3 is 2. The summed E-state index contributed by atoms with van der Waals surface area (Å²) in [7, 11) is 2.66. The van der Waals surface area contributed by atoms with Crippen LogP contribution in [0.4, 0.5) is 0 Å². The molecule has 6 heteroatoms. The molecular formula is C21H21NO5. The fraction of sp³-hybridized carbons (Fsp3) is 0.333. The highest BCUT2D eigenvalue weighted by Gasteiger charge is 2.64. The van der Waals surface area contributed by atoms with Gasteiger partial charge in [0.05, 0.1) is 26.7 Å². The van der Waals surface area contributed by atoms with Crippen molar-refractivity contribution in [3.8, 4) is 5.75 Å². The second-order valence-corrected chi connectivity index (χ2v) is 6.80. The van der Waals surface area contributed by atoms with Crippen LogP contribution < -0.4 is 10.1 Å². The zero-order valence-electron chi connectivity index (χ0n) is 15.2. The molecule has 2 aromatic rings. The molecule has 4 rings (SSSR count). The number of para-hydroxylation sites is 1. The zero-order valence-corrected chi connectivity index (χ0v) is 15.2. The molecule has 0 amide bonds. The molecule has 0 saturated carbocycles. The van der Waals surface area contributed by atoms with Crippen molar-refractivity contribution in [3.63, 3.8) is 0 Å². The largest absolute Gasteiger partial charge is 0.493 e. The van der Waals surface area contributed by atoms with E-state index >= 15 is 0 Å². The van der Waals surface area contributed by atoms with Gasteiger partial charge < -0.3 is 14.2 Å². The van der Waals surface area contributed by atoms with Crippen LogP contribution in [0.15, 0.2) is 54.6 Å². The van der Waals surface area contributed by atoms with Crippen LogP contribution in [-0.2, 0) is 24.6 Å². The Labute approximate surface area is 157 Å². The minimum absolute atomic E-state index is 0.238. The average molecular weight is 367 g/mol. The summed E-state index contributed by atoms with van der Waals surface area (Å²) in [4.78, 5) is 26.0. The van der Waals surface area contributed by atoms with Gasteiger partial charge in [0.15, 0.2) is 5.54 Å². The van der Waals surface area contributed by atoms with Gasteiger partial charge in [-0.15, -0.1) is 0 Å². The summed E-state index contributed by atoms with van der Waals surface area (Å²) in [6, 6.07) is 16.6. The van der Waals surface area contributed by atoms with Crippen LogP contribution in [0.3, 0.4) is 0 Å². The van der Waals surface area contributed by atoms with Crippen molar-refractivity contribution in [1.82, 2.24) is 5.32 Å². The Bertz CT molecular complexity index is 868. The van der Waals surface area contributed by atoms with Gasteiger partial charge in [0, 0.05) is 17.5 Å². The van der Waals surface area contributed by atoms with Crippen molar-refractivity contribution in [3.05, 3.63) is 65.7 Å². The van der Waals surface area contributed by atoms with E-state index in [4.69, 9.17) is 14.2 Å². The van der Waals surface area contributed by atoms with Gasteiger partial charge in [0.25, 0.3) is 0 Å². The lowest BCUT2D eigenvalue weighted by Crippen LogP contribution is -2.53. The fourth-order valence-corrected chi connectivity index (χ4v) is 4.42.